The van der Waals surface area contributed by atoms with Gasteiger partial charge in [-0.3, -0.25) is 9.59 Å². The molecule has 0 radical (unpaired) electrons. The van der Waals surface area contributed by atoms with Gasteiger partial charge in [-0.25, -0.2) is 4.79 Å². The summed E-state index contributed by atoms with van der Waals surface area (Å²) < 4.78 is 0. The lowest BCUT2D eigenvalue weighted by Crippen LogP contribution is -2.58. The van der Waals surface area contributed by atoms with Gasteiger partial charge in [0.25, 0.3) is 5.91 Å². The lowest BCUT2D eigenvalue weighted by molar-refractivity contribution is -0.121. The average molecular weight is 642 g/mol. The number of piperidine rings is 2. The molecule has 0 bridgehead atoms. The van der Waals surface area contributed by atoms with Gasteiger partial charge in [-0.05, 0) is 60.2 Å². The van der Waals surface area contributed by atoms with Crippen molar-refractivity contribution < 1.29 is 14.4 Å². The van der Waals surface area contributed by atoms with Gasteiger partial charge in [0.1, 0.15) is 0 Å². The summed E-state index contributed by atoms with van der Waals surface area (Å²) in [5.41, 5.74) is 2.93. The first-order chi connectivity index (χ1) is 20.7. The number of urea groups is 1. The largest absolute Gasteiger partial charge is 0.349 e. The summed E-state index contributed by atoms with van der Waals surface area (Å²) in [6, 6.07) is 22.4. The Morgan fingerprint density at radius 3 is 2.21 bits per heavy atom. The molecule has 4 amide bonds. The average Bonchev–Trinajstić information content (AvgIpc) is 3.02. The van der Waals surface area contributed by atoms with E-state index in [1.165, 1.54) is 6.92 Å². The number of benzene rings is 3. The predicted molar refractivity (Wildman–Crippen MR) is 171 cm³/mol. The Kier molecular flexibility index (Phi) is 9.85. The van der Waals surface area contributed by atoms with Crippen LogP contribution >= 0.6 is 34.8 Å². The zero-order chi connectivity index (χ0) is 30.6. The molecule has 0 aromatic heterocycles. The fourth-order valence-corrected chi connectivity index (χ4v) is 6.72. The van der Waals surface area contributed by atoms with Crippen LogP contribution < -0.4 is 10.6 Å². The molecule has 3 aromatic rings. The Morgan fingerprint density at radius 2 is 1.58 bits per heavy atom. The summed E-state index contributed by atoms with van der Waals surface area (Å²) in [4.78, 5) is 42.9. The summed E-state index contributed by atoms with van der Waals surface area (Å²) in [5, 5.41) is 7.25. The Balaban J connectivity index is 1.31. The van der Waals surface area contributed by atoms with E-state index in [1.54, 1.807) is 18.2 Å². The lowest BCUT2D eigenvalue weighted by Gasteiger charge is -2.45. The van der Waals surface area contributed by atoms with Gasteiger partial charge in [-0.2, -0.15) is 0 Å². The molecule has 0 aliphatic carbocycles. The van der Waals surface area contributed by atoms with Crippen LogP contribution in [0.4, 0.5) is 4.79 Å². The molecule has 2 aliphatic heterocycles. The van der Waals surface area contributed by atoms with Crippen LogP contribution in [0.3, 0.4) is 0 Å². The van der Waals surface area contributed by atoms with Gasteiger partial charge in [0.05, 0.1) is 15.6 Å². The molecule has 7 nitrogen and oxygen atoms in total. The van der Waals surface area contributed by atoms with Gasteiger partial charge < -0.3 is 20.4 Å². The van der Waals surface area contributed by atoms with E-state index in [0.29, 0.717) is 66.9 Å². The van der Waals surface area contributed by atoms with Gasteiger partial charge in [0.2, 0.25) is 5.91 Å². The molecule has 2 fully saturated rings. The van der Waals surface area contributed by atoms with Gasteiger partial charge in [0.15, 0.2) is 0 Å². The molecule has 226 valence electrons. The van der Waals surface area contributed by atoms with Crippen LogP contribution in [-0.4, -0.2) is 59.9 Å². The molecule has 2 heterocycles. The van der Waals surface area contributed by atoms with E-state index >= 15 is 0 Å². The second kappa shape index (κ2) is 13.6. The van der Waals surface area contributed by atoms with E-state index in [1.807, 2.05) is 64.4 Å². The van der Waals surface area contributed by atoms with Crippen LogP contribution in [0.25, 0.3) is 0 Å². The molecular formula is C33H35Cl3N4O3. The van der Waals surface area contributed by atoms with Gasteiger partial charge in [-0.1, -0.05) is 71.7 Å². The molecule has 2 N–H and O–H groups in total. The Labute approximate surface area is 267 Å². The second-order valence-corrected chi connectivity index (χ2v) is 12.4. The van der Waals surface area contributed by atoms with Crippen molar-refractivity contribution in [1.29, 1.82) is 0 Å². The fraction of sp³-hybridized carbons (Fsp3) is 0.364. The molecule has 0 saturated carbocycles. The minimum absolute atomic E-state index is 0.0454. The molecule has 0 spiro atoms. The molecule has 3 aromatic carbocycles. The van der Waals surface area contributed by atoms with Crippen molar-refractivity contribution in [3.63, 3.8) is 0 Å². The molecule has 2 aliphatic rings. The number of hydrogen-bond donors (Lipinski definition) is 2. The number of alkyl halides is 1. The fourth-order valence-electron chi connectivity index (χ4n) is 6.24. The van der Waals surface area contributed by atoms with Crippen LogP contribution in [0.5, 0.6) is 0 Å². The van der Waals surface area contributed by atoms with Gasteiger partial charge in [-0.15, -0.1) is 11.6 Å². The van der Waals surface area contributed by atoms with E-state index in [0.717, 1.165) is 16.7 Å². The van der Waals surface area contributed by atoms with Crippen molar-refractivity contribution >= 4 is 52.6 Å². The highest BCUT2D eigenvalue weighted by Crippen LogP contribution is 2.35. The van der Waals surface area contributed by atoms with Gasteiger partial charge in [0, 0.05) is 56.5 Å². The third-order valence-corrected chi connectivity index (χ3v) is 9.62. The van der Waals surface area contributed by atoms with Gasteiger partial charge >= 0.3 is 6.03 Å². The maximum absolute atomic E-state index is 13.9. The number of amides is 4. The minimum Gasteiger partial charge on any atom is -0.349 e. The number of likely N-dealkylation sites (tertiary alicyclic amines) is 2. The standard InChI is InChI=1S/C33H35Cl3N4O3/c1-22(41)38-33(26-5-3-2-4-6-26)14-17-39(18-15-33)32(43)40-16-13-30(27(21-40)25-11-12-28(35)29(36)19-25)37-31(42)24-9-7-23(20-34)8-10-24/h2-12,19,27,30H,13-18,20-21H2,1H3,(H,37,42)(H,38,41). The summed E-state index contributed by atoms with van der Waals surface area (Å²) in [5.74, 6) is -0.0776. The van der Waals surface area contributed by atoms with Crippen molar-refractivity contribution in [2.45, 2.75) is 49.6 Å². The van der Waals surface area contributed by atoms with Crippen LogP contribution in [0, 0.1) is 0 Å². The zero-order valence-corrected chi connectivity index (χ0v) is 26.3. The van der Waals surface area contributed by atoms with Crippen LogP contribution in [0.1, 0.15) is 59.2 Å². The predicted octanol–water partition coefficient (Wildman–Crippen LogP) is 6.57. The SMILES string of the molecule is CC(=O)NC1(c2ccccc2)CCN(C(=O)N2CCC(NC(=O)c3ccc(CCl)cc3)C(c3ccc(Cl)c(Cl)c3)C2)CC1. The molecule has 43 heavy (non-hydrogen) atoms. The van der Waals surface area contributed by atoms with Crippen molar-refractivity contribution in [2.24, 2.45) is 0 Å². The topological polar surface area (TPSA) is 81.8 Å². The van der Waals surface area contributed by atoms with Crippen LogP contribution in [0.15, 0.2) is 72.8 Å². The Hall–Kier alpha value is -3.26. The third-order valence-electron chi connectivity index (χ3n) is 8.57. The monoisotopic (exact) mass is 640 g/mol. The minimum atomic E-state index is -0.508. The number of carbonyl (C=O) groups is 3. The first-order valence-electron chi connectivity index (χ1n) is 14.5. The van der Waals surface area contributed by atoms with E-state index in [4.69, 9.17) is 34.8 Å². The number of carbonyl (C=O) groups excluding carboxylic acids is 3. The normalized spacial score (nSPS) is 19.9. The quantitative estimate of drug-likeness (QED) is 0.299. The number of halogens is 3. The second-order valence-electron chi connectivity index (χ2n) is 11.3. The number of nitrogens with one attached hydrogen (secondary N) is 2. The van der Waals surface area contributed by atoms with Crippen LogP contribution in [-0.2, 0) is 16.2 Å². The summed E-state index contributed by atoms with van der Waals surface area (Å²) >= 11 is 18.5. The maximum atomic E-state index is 13.9. The van der Waals surface area contributed by atoms with E-state index in [-0.39, 0.29) is 29.8 Å². The Morgan fingerprint density at radius 1 is 0.884 bits per heavy atom. The van der Waals surface area contributed by atoms with E-state index < -0.39 is 5.54 Å². The highest BCUT2D eigenvalue weighted by molar-refractivity contribution is 6.42. The van der Waals surface area contributed by atoms with Crippen LogP contribution in [0.2, 0.25) is 10.0 Å². The summed E-state index contributed by atoms with van der Waals surface area (Å²) in [6.45, 7) is 3.47. The zero-order valence-electron chi connectivity index (χ0n) is 24.0. The molecule has 10 heteroatoms. The van der Waals surface area contributed by atoms with Crippen molar-refractivity contribution in [3.8, 4) is 0 Å². The molecule has 2 unspecified atom stereocenters. The number of nitrogens with zero attached hydrogens (tertiary/aromatic N) is 2. The summed E-state index contributed by atoms with van der Waals surface area (Å²) in [6.07, 6.45) is 1.82. The molecular weight excluding hydrogens is 607 g/mol. The van der Waals surface area contributed by atoms with Crippen molar-refractivity contribution in [2.75, 3.05) is 26.2 Å². The maximum Gasteiger partial charge on any atom is 0.320 e. The van der Waals surface area contributed by atoms with Crippen molar-refractivity contribution in [1.82, 2.24) is 20.4 Å². The highest BCUT2D eigenvalue weighted by Gasteiger charge is 2.41. The Bertz CT molecular complexity index is 1460. The smallest absolute Gasteiger partial charge is 0.320 e. The number of rotatable bonds is 6. The van der Waals surface area contributed by atoms with E-state index in [2.05, 4.69) is 10.6 Å². The number of hydrogen-bond acceptors (Lipinski definition) is 3. The first kappa shape index (κ1) is 31.2. The lowest BCUT2D eigenvalue weighted by atomic mass is 9.80. The van der Waals surface area contributed by atoms with E-state index in [9.17, 15) is 14.4 Å². The highest BCUT2D eigenvalue weighted by atomic mass is 35.5. The molecule has 2 atom stereocenters. The first-order valence-corrected chi connectivity index (χ1v) is 15.8. The van der Waals surface area contributed by atoms with Crippen molar-refractivity contribution in [3.05, 3.63) is 105 Å². The molecule has 5 rings (SSSR count). The summed E-state index contributed by atoms with van der Waals surface area (Å²) in [7, 11) is 0. The molecule has 2 saturated heterocycles. The third kappa shape index (κ3) is 7.11.